The highest BCUT2D eigenvalue weighted by atomic mass is 16.2. The molecule has 1 N–H and O–H groups in total. The van der Waals surface area contributed by atoms with Crippen molar-refractivity contribution in [2.45, 2.75) is 32.0 Å². The first kappa shape index (κ1) is 19.0. The van der Waals surface area contributed by atoms with Crippen LogP contribution < -0.4 is 5.32 Å². The van der Waals surface area contributed by atoms with Gasteiger partial charge in [-0.25, -0.2) is 0 Å². The summed E-state index contributed by atoms with van der Waals surface area (Å²) in [4.78, 5) is 32.8. The van der Waals surface area contributed by atoms with E-state index in [1.807, 2.05) is 48.2 Å². The molecular weight excluding hydrogens is 340 g/mol. The van der Waals surface area contributed by atoms with E-state index in [2.05, 4.69) is 22.4 Å². The van der Waals surface area contributed by atoms with Crippen molar-refractivity contribution < 1.29 is 9.59 Å². The predicted octanol–water partition coefficient (Wildman–Crippen LogP) is 2.12. The van der Waals surface area contributed by atoms with E-state index in [0.717, 1.165) is 5.56 Å². The maximum absolute atomic E-state index is 12.6. The van der Waals surface area contributed by atoms with Crippen molar-refractivity contribution in [1.29, 1.82) is 0 Å². The molecule has 0 aliphatic carbocycles. The van der Waals surface area contributed by atoms with Crippen molar-refractivity contribution in [3.05, 3.63) is 65.5 Å². The van der Waals surface area contributed by atoms with Gasteiger partial charge in [-0.15, -0.1) is 0 Å². The molecule has 2 aromatic rings. The number of carbonyl (C=O) groups excluding carboxylic acids is 2. The second-order valence-electron chi connectivity index (χ2n) is 7.07. The van der Waals surface area contributed by atoms with Gasteiger partial charge in [-0.1, -0.05) is 30.3 Å². The molecule has 1 aliphatic rings. The zero-order valence-corrected chi connectivity index (χ0v) is 15.9. The Morgan fingerprint density at radius 2 is 1.85 bits per heavy atom. The number of nitrogens with zero attached hydrogens (tertiary/aromatic N) is 3. The number of hydrogen-bond acceptors (Lipinski definition) is 4. The highest BCUT2D eigenvalue weighted by Gasteiger charge is 2.24. The van der Waals surface area contributed by atoms with E-state index in [4.69, 9.17) is 0 Å². The Balaban J connectivity index is 1.44. The molecule has 0 saturated heterocycles. The van der Waals surface area contributed by atoms with Gasteiger partial charge in [0.25, 0.3) is 0 Å². The molecule has 1 unspecified atom stereocenters. The van der Waals surface area contributed by atoms with Gasteiger partial charge in [-0.05, 0) is 43.3 Å². The summed E-state index contributed by atoms with van der Waals surface area (Å²) in [5.74, 6) is 0.0610. The largest absolute Gasteiger partial charge is 0.354 e. The van der Waals surface area contributed by atoms with E-state index in [0.29, 0.717) is 32.5 Å². The van der Waals surface area contributed by atoms with Gasteiger partial charge in [0.05, 0.1) is 0 Å². The Morgan fingerprint density at radius 3 is 2.44 bits per heavy atom. The van der Waals surface area contributed by atoms with E-state index in [-0.39, 0.29) is 17.9 Å². The number of amides is 2. The molecule has 6 nitrogen and oxygen atoms in total. The lowest BCUT2D eigenvalue weighted by atomic mass is 10.1. The molecule has 1 aliphatic heterocycles. The fourth-order valence-electron chi connectivity index (χ4n) is 3.44. The number of hydrogen-bond donors (Lipinski definition) is 1. The fraction of sp³-hybridized carbons (Fsp3) is 0.381. The lowest BCUT2D eigenvalue weighted by molar-refractivity contribution is -0.132. The zero-order chi connectivity index (χ0) is 19.2. The monoisotopic (exact) mass is 366 g/mol. The number of rotatable bonds is 7. The molecule has 0 fully saturated rings. The SMILES string of the molecule is CN(C)C(C(=O)NCCCC(=O)N1Cc2ccccc2C1)c1cccnc1. The first-order valence-corrected chi connectivity index (χ1v) is 9.25. The molecular formula is C21H26N4O2. The Morgan fingerprint density at radius 1 is 1.15 bits per heavy atom. The van der Waals surface area contributed by atoms with E-state index >= 15 is 0 Å². The summed E-state index contributed by atoms with van der Waals surface area (Å²) in [6.45, 7) is 1.85. The predicted molar refractivity (Wildman–Crippen MR) is 104 cm³/mol. The van der Waals surface area contributed by atoms with Crippen molar-refractivity contribution >= 4 is 11.8 Å². The van der Waals surface area contributed by atoms with Gasteiger partial charge in [0.2, 0.25) is 11.8 Å². The van der Waals surface area contributed by atoms with Crippen LogP contribution in [0.15, 0.2) is 48.8 Å². The van der Waals surface area contributed by atoms with Gasteiger partial charge in [-0.3, -0.25) is 19.5 Å². The lowest BCUT2D eigenvalue weighted by Gasteiger charge is -2.23. The molecule has 0 bridgehead atoms. The second-order valence-corrected chi connectivity index (χ2v) is 7.07. The third-order valence-corrected chi connectivity index (χ3v) is 4.83. The van der Waals surface area contributed by atoms with Gasteiger partial charge >= 0.3 is 0 Å². The van der Waals surface area contributed by atoms with Crippen LogP contribution in [0, 0.1) is 0 Å². The quantitative estimate of drug-likeness (QED) is 0.763. The van der Waals surface area contributed by atoms with Crippen LogP contribution in [0.1, 0.15) is 35.6 Å². The number of benzene rings is 1. The first-order valence-electron chi connectivity index (χ1n) is 9.25. The number of likely N-dealkylation sites (N-methyl/N-ethyl adjacent to an activating group) is 1. The van der Waals surface area contributed by atoms with Crippen LogP contribution >= 0.6 is 0 Å². The van der Waals surface area contributed by atoms with Gasteiger partial charge < -0.3 is 10.2 Å². The number of pyridine rings is 1. The van der Waals surface area contributed by atoms with Crippen LogP contribution in [0.4, 0.5) is 0 Å². The molecule has 1 aromatic carbocycles. The van der Waals surface area contributed by atoms with Crippen LogP contribution in [-0.4, -0.2) is 47.2 Å². The molecule has 0 radical (unpaired) electrons. The molecule has 3 rings (SSSR count). The van der Waals surface area contributed by atoms with Crippen LogP contribution in [0.25, 0.3) is 0 Å². The average Bonchev–Trinajstić information content (AvgIpc) is 3.10. The Bertz CT molecular complexity index is 767. The van der Waals surface area contributed by atoms with Gasteiger partial charge in [0.1, 0.15) is 6.04 Å². The van der Waals surface area contributed by atoms with Gasteiger partial charge in [-0.2, -0.15) is 0 Å². The van der Waals surface area contributed by atoms with Crippen molar-refractivity contribution in [3.8, 4) is 0 Å². The molecule has 142 valence electrons. The number of fused-ring (bicyclic) bond motifs is 1. The molecule has 27 heavy (non-hydrogen) atoms. The molecule has 0 saturated carbocycles. The topological polar surface area (TPSA) is 65.5 Å². The Hall–Kier alpha value is -2.73. The summed E-state index contributed by atoms with van der Waals surface area (Å²) in [5, 5.41) is 2.95. The molecule has 2 amide bonds. The van der Waals surface area contributed by atoms with E-state index < -0.39 is 0 Å². The Kier molecular flexibility index (Phi) is 6.19. The maximum atomic E-state index is 12.6. The second kappa shape index (κ2) is 8.77. The van der Waals surface area contributed by atoms with E-state index in [1.165, 1.54) is 11.1 Å². The summed E-state index contributed by atoms with van der Waals surface area (Å²) in [6, 6.07) is 11.5. The molecule has 2 heterocycles. The zero-order valence-electron chi connectivity index (χ0n) is 15.9. The minimum absolute atomic E-state index is 0.0750. The van der Waals surface area contributed by atoms with Crippen LogP contribution in [0.2, 0.25) is 0 Å². The molecule has 6 heteroatoms. The lowest BCUT2D eigenvalue weighted by Crippen LogP contribution is -2.37. The van der Waals surface area contributed by atoms with Crippen molar-refractivity contribution in [2.24, 2.45) is 0 Å². The highest BCUT2D eigenvalue weighted by Crippen LogP contribution is 2.23. The van der Waals surface area contributed by atoms with Crippen molar-refractivity contribution in [3.63, 3.8) is 0 Å². The van der Waals surface area contributed by atoms with Gasteiger partial charge in [0.15, 0.2) is 0 Å². The van der Waals surface area contributed by atoms with Crippen molar-refractivity contribution in [1.82, 2.24) is 20.1 Å². The normalized spacial score (nSPS) is 14.1. The number of nitrogens with one attached hydrogen (secondary N) is 1. The van der Waals surface area contributed by atoms with Crippen LogP contribution in [0.5, 0.6) is 0 Å². The molecule has 1 atom stereocenters. The minimum Gasteiger partial charge on any atom is -0.354 e. The van der Waals surface area contributed by atoms with Crippen LogP contribution in [0.3, 0.4) is 0 Å². The minimum atomic E-state index is -0.387. The summed E-state index contributed by atoms with van der Waals surface area (Å²) >= 11 is 0. The summed E-state index contributed by atoms with van der Waals surface area (Å²) in [5.41, 5.74) is 3.31. The third kappa shape index (κ3) is 4.71. The average molecular weight is 366 g/mol. The first-order chi connectivity index (χ1) is 13.1. The molecule has 0 spiro atoms. The highest BCUT2D eigenvalue weighted by molar-refractivity contribution is 5.83. The van der Waals surface area contributed by atoms with E-state index in [1.54, 1.807) is 12.4 Å². The standard InChI is InChI=1S/C21H26N4O2/c1-24(2)20(16-9-5-11-22-13-16)21(27)23-12-6-10-19(26)25-14-17-7-3-4-8-18(17)15-25/h3-5,7-9,11,13,20H,6,10,12,14-15H2,1-2H3,(H,23,27). The van der Waals surface area contributed by atoms with Crippen LogP contribution in [-0.2, 0) is 22.7 Å². The van der Waals surface area contributed by atoms with E-state index in [9.17, 15) is 9.59 Å². The van der Waals surface area contributed by atoms with Crippen molar-refractivity contribution in [2.75, 3.05) is 20.6 Å². The Labute approximate surface area is 160 Å². The summed E-state index contributed by atoms with van der Waals surface area (Å²) in [6.07, 6.45) is 4.47. The third-order valence-electron chi connectivity index (χ3n) is 4.83. The fourth-order valence-corrected chi connectivity index (χ4v) is 3.44. The summed E-state index contributed by atoms with van der Waals surface area (Å²) in [7, 11) is 3.73. The number of aromatic nitrogens is 1. The number of carbonyl (C=O) groups is 2. The molecule has 1 aromatic heterocycles. The summed E-state index contributed by atoms with van der Waals surface area (Å²) < 4.78 is 0. The van der Waals surface area contributed by atoms with Gasteiger partial charge in [0, 0.05) is 38.4 Å². The maximum Gasteiger partial charge on any atom is 0.242 e. The smallest absolute Gasteiger partial charge is 0.242 e.